The average molecular weight is 371 g/mol. The Balaban J connectivity index is 1.64. The molecule has 1 atom stereocenters. The summed E-state index contributed by atoms with van der Waals surface area (Å²) in [4.78, 5) is 28.7. The summed E-state index contributed by atoms with van der Waals surface area (Å²) in [5.41, 5.74) is 1.94. The van der Waals surface area contributed by atoms with Gasteiger partial charge in [-0.2, -0.15) is 0 Å². The molecule has 0 aliphatic heterocycles. The van der Waals surface area contributed by atoms with Crippen molar-refractivity contribution in [3.63, 3.8) is 0 Å². The van der Waals surface area contributed by atoms with Gasteiger partial charge in [0, 0.05) is 34.3 Å². The normalized spacial score (nSPS) is 12.3. The molecule has 4 aromatic rings. The first-order valence-corrected chi connectivity index (χ1v) is 8.80. The van der Waals surface area contributed by atoms with Gasteiger partial charge in [-0.3, -0.25) is 4.79 Å². The van der Waals surface area contributed by atoms with E-state index in [9.17, 15) is 9.59 Å². The molecule has 0 saturated carbocycles. The maximum atomic E-state index is 13.2. The summed E-state index contributed by atoms with van der Waals surface area (Å²) in [6.45, 7) is 0. The van der Waals surface area contributed by atoms with E-state index >= 15 is 0 Å². The SMILES string of the molecule is O=C(/C=C/c1ccco1)O[C@H](C(=O)c1c[nH]c2ccccc12)c1ccccc1. The van der Waals surface area contributed by atoms with Crippen molar-refractivity contribution in [3.05, 3.63) is 102 Å². The number of aromatic amines is 1. The lowest BCUT2D eigenvalue weighted by molar-refractivity contribution is -0.141. The third kappa shape index (κ3) is 3.64. The minimum Gasteiger partial charge on any atom is -0.465 e. The number of para-hydroxylation sites is 1. The highest BCUT2D eigenvalue weighted by Crippen LogP contribution is 2.27. The van der Waals surface area contributed by atoms with E-state index in [-0.39, 0.29) is 5.78 Å². The summed E-state index contributed by atoms with van der Waals surface area (Å²) in [6, 6.07) is 19.9. The first-order valence-electron chi connectivity index (χ1n) is 8.80. The van der Waals surface area contributed by atoms with Crippen LogP contribution in [0.4, 0.5) is 0 Å². The summed E-state index contributed by atoms with van der Waals surface area (Å²) in [6.07, 6.45) is 4.86. The molecule has 2 heterocycles. The van der Waals surface area contributed by atoms with Crippen molar-refractivity contribution in [2.45, 2.75) is 6.10 Å². The lowest BCUT2D eigenvalue weighted by Gasteiger charge is -2.16. The van der Waals surface area contributed by atoms with Gasteiger partial charge in [0.05, 0.1) is 6.26 Å². The molecule has 0 bridgehead atoms. The van der Waals surface area contributed by atoms with E-state index in [1.807, 2.05) is 30.3 Å². The van der Waals surface area contributed by atoms with Gasteiger partial charge in [-0.1, -0.05) is 48.5 Å². The van der Waals surface area contributed by atoms with Crippen molar-refractivity contribution in [3.8, 4) is 0 Å². The maximum absolute atomic E-state index is 13.2. The number of hydrogen-bond acceptors (Lipinski definition) is 4. The number of carbonyl (C=O) groups excluding carboxylic acids is 2. The van der Waals surface area contributed by atoms with Crippen LogP contribution in [0, 0.1) is 0 Å². The quantitative estimate of drug-likeness (QED) is 0.296. The molecule has 0 amide bonds. The van der Waals surface area contributed by atoms with Gasteiger partial charge in [-0.25, -0.2) is 4.79 Å². The molecule has 0 aliphatic carbocycles. The number of Topliss-reactive ketones (excluding diaryl/α,β-unsaturated/α-hetero) is 1. The number of nitrogens with one attached hydrogen (secondary N) is 1. The van der Waals surface area contributed by atoms with Crippen LogP contribution in [-0.2, 0) is 9.53 Å². The summed E-state index contributed by atoms with van der Waals surface area (Å²) in [5, 5.41) is 0.788. The first kappa shape index (κ1) is 17.5. The third-order valence-corrected chi connectivity index (χ3v) is 4.36. The molecule has 5 heteroatoms. The van der Waals surface area contributed by atoms with Crippen molar-refractivity contribution in [2.24, 2.45) is 0 Å². The molecule has 1 N–H and O–H groups in total. The predicted molar refractivity (Wildman–Crippen MR) is 106 cm³/mol. The predicted octanol–water partition coefficient (Wildman–Crippen LogP) is 4.94. The Labute approximate surface area is 161 Å². The van der Waals surface area contributed by atoms with E-state index in [0.717, 1.165) is 10.9 Å². The van der Waals surface area contributed by atoms with Gasteiger partial charge < -0.3 is 14.1 Å². The highest BCUT2D eigenvalue weighted by Gasteiger charge is 2.27. The Morgan fingerprint density at radius 3 is 2.54 bits per heavy atom. The molecular formula is C23H17NO4. The van der Waals surface area contributed by atoms with Crippen molar-refractivity contribution in [2.75, 3.05) is 0 Å². The van der Waals surface area contributed by atoms with E-state index in [0.29, 0.717) is 16.9 Å². The van der Waals surface area contributed by atoms with Gasteiger partial charge in [-0.05, 0) is 24.3 Å². The van der Waals surface area contributed by atoms with E-state index in [2.05, 4.69) is 4.98 Å². The number of H-pyrrole nitrogens is 1. The molecule has 2 aromatic carbocycles. The average Bonchev–Trinajstić information content (AvgIpc) is 3.40. The smallest absolute Gasteiger partial charge is 0.331 e. The lowest BCUT2D eigenvalue weighted by Crippen LogP contribution is -2.19. The number of benzene rings is 2. The Hall–Kier alpha value is -3.86. The van der Waals surface area contributed by atoms with Gasteiger partial charge in [0.1, 0.15) is 5.76 Å². The van der Waals surface area contributed by atoms with Crippen molar-refractivity contribution >= 4 is 28.7 Å². The van der Waals surface area contributed by atoms with E-state index in [1.165, 1.54) is 18.4 Å². The number of carbonyl (C=O) groups is 2. The second kappa shape index (κ2) is 7.80. The monoisotopic (exact) mass is 371 g/mol. The Bertz CT molecular complexity index is 1120. The zero-order valence-electron chi connectivity index (χ0n) is 14.9. The highest BCUT2D eigenvalue weighted by atomic mass is 16.5. The van der Waals surface area contributed by atoms with Gasteiger partial charge in [-0.15, -0.1) is 0 Å². The fourth-order valence-electron chi connectivity index (χ4n) is 3.01. The van der Waals surface area contributed by atoms with Crippen LogP contribution in [-0.4, -0.2) is 16.7 Å². The summed E-state index contributed by atoms with van der Waals surface area (Å²) in [5.74, 6) is -0.391. The molecule has 2 aromatic heterocycles. The van der Waals surface area contributed by atoms with E-state index in [1.54, 1.807) is 42.6 Å². The molecule has 0 radical (unpaired) electrons. The zero-order valence-corrected chi connectivity index (χ0v) is 14.9. The largest absolute Gasteiger partial charge is 0.465 e. The molecule has 138 valence electrons. The topological polar surface area (TPSA) is 72.3 Å². The van der Waals surface area contributed by atoms with Crippen molar-refractivity contribution < 1.29 is 18.7 Å². The Kier molecular flexibility index (Phi) is 4.89. The van der Waals surface area contributed by atoms with Gasteiger partial charge in [0.2, 0.25) is 5.78 Å². The van der Waals surface area contributed by atoms with E-state index < -0.39 is 12.1 Å². The maximum Gasteiger partial charge on any atom is 0.331 e. The fraction of sp³-hybridized carbons (Fsp3) is 0.0435. The van der Waals surface area contributed by atoms with E-state index in [4.69, 9.17) is 9.15 Å². The number of aromatic nitrogens is 1. The van der Waals surface area contributed by atoms with Crippen molar-refractivity contribution in [1.29, 1.82) is 0 Å². The van der Waals surface area contributed by atoms with Crippen LogP contribution >= 0.6 is 0 Å². The second-order valence-corrected chi connectivity index (χ2v) is 6.19. The zero-order chi connectivity index (χ0) is 19.3. The van der Waals surface area contributed by atoms with Crippen LogP contribution in [0.25, 0.3) is 17.0 Å². The number of fused-ring (bicyclic) bond motifs is 1. The molecule has 0 spiro atoms. The van der Waals surface area contributed by atoms with Crippen molar-refractivity contribution in [1.82, 2.24) is 4.98 Å². The second-order valence-electron chi connectivity index (χ2n) is 6.19. The fourth-order valence-corrected chi connectivity index (χ4v) is 3.01. The van der Waals surface area contributed by atoms with Gasteiger partial charge in [0.15, 0.2) is 6.10 Å². The summed E-state index contributed by atoms with van der Waals surface area (Å²) in [7, 11) is 0. The Morgan fingerprint density at radius 2 is 1.75 bits per heavy atom. The Morgan fingerprint density at radius 1 is 0.964 bits per heavy atom. The number of esters is 1. The molecular weight excluding hydrogens is 354 g/mol. The minimum absolute atomic E-state index is 0.289. The molecule has 4 rings (SSSR count). The molecule has 0 unspecified atom stereocenters. The van der Waals surface area contributed by atoms with Gasteiger partial charge >= 0.3 is 5.97 Å². The molecule has 0 aliphatic rings. The minimum atomic E-state index is -1.05. The number of ketones is 1. The van der Waals surface area contributed by atoms with Crippen LogP contribution in [0.5, 0.6) is 0 Å². The number of hydrogen-bond donors (Lipinski definition) is 1. The van der Waals surface area contributed by atoms with Crippen LogP contribution in [0.2, 0.25) is 0 Å². The van der Waals surface area contributed by atoms with Crippen LogP contribution < -0.4 is 0 Å². The number of rotatable bonds is 6. The number of furan rings is 1. The summed E-state index contributed by atoms with van der Waals surface area (Å²) < 4.78 is 10.7. The molecule has 0 saturated heterocycles. The first-order chi connectivity index (χ1) is 13.7. The summed E-state index contributed by atoms with van der Waals surface area (Å²) >= 11 is 0. The highest BCUT2D eigenvalue weighted by molar-refractivity contribution is 6.10. The lowest BCUT2D eigenvalue weighted by atomic mass is 9.99. The van der Waals surface area contributed by atoms with Crippen LogP contribution in [0.1, 0.15) is 27.8 Å². The molecule has 28 heavy (non-hydrogen) atoms. The third-order valence-electron chi connectivity index (χ3n) is 4.36. The van der Waals surface area contributed by atoms with Crippen LogP contribution in [0.3, 0.4) is 0 Å². The number of ether oxygens (including phenoxy) is 1. The van der Waals surface area contributed by atoms with Crippen LogP contribution in [0.15, 0.2) is 89.7 Å². The molecule has 5 nitrogen and oxygen atoms in total. The standard InChI is InChI=1S/C23H17NO4/c25-21(13-12-17-9-6-14-27-17)28-23(16-7-2-1-3-8-16)22(26)19-15-24-20-11-5-4-10-18(19)20/h1-15,23-24H/b13-12+/t23-/m0/s1. The van der Waals surface area contributed by atoms with Gasteiger partial charge in [0.25, 0.3) is 0 Å². The molecule has 0 fully saturated rings.